The average Bonchev–Trinajstić information content (AvgIpc) is 3.18. The predicted molar refractivity (Wildman–Crippen MR) is 99.4 cm³/mol. The highest BCUT2D eigenvalue weighted by molar-refractivity contribution is 7.22. The van der Waals surface area contributed by atoms with E-state index in [9.17, 15) is 4.91 Å². The highest BCUT2D eigenvalue weighted by Gasteiger charge is 2.15. The van der Waals surface area contributed by atoms with E-state index in [1.807, 2.05) is 23.7 Å². The second-order valence-corrected chi connectivity index (χ2v) is 6.69. The minimum Gasteiger partial charge on any atom is -0.494 e. The van der Waals surface area contributed by atoms with Gasteiger partial charge >= 0.3 is 0 Å². The van der Waals surface area contributed by atoms with Crippen LogP contribution in [-0.4, -0.2) is 33.5 Å². The number of benzene rings is 2. The quantitative estimate of drug-likeness (QED) is 0.561. The summed E-state index contributed by atoms with van der Waals surface area (Å²) < 4.78 is 9.22. The molecule has 4 rings (SSSR count). The van der Waals surface area contributed by atoms with Crippen molar-refractivity contribution < 1.29 is 9.50 Å². The van der Waals surface area contributed by atoms with Gasteiger partial charge in [-0.25, -0.2) is 9.97 Å². The number of aryl methyl sites for hydroxylation is 1. The van der Waals surface area contributed by atoms with Crippen molar-refractivity contribution in [2.45, 2.75) is 0 Å². The van der Waals surface area contributed by atoms with Crippen molar-refractivity contribution in [1.29, 1.82) is 0 Å². The number of fused-ring (bicyclic) bond motifs is 3. The summed E-state index contributed by atoms with van der Waals surface area (Å²) in [5, 5.41) is 4.02. The van der Waals surface area contributed by atoms with Gasteiger partial charge in [0.2, 0.25) is 0 Å². The molecule has 0 aliphatic heterocycles. The number of imidazole rings is 1. The van der Waals surface area contributed by atoms with Gasteiger partial charge in [-0.1, -0.05) is 11.3 Å². The fourth-order valence-corrected chi connectivity index (χ4v) is 3.62. The maximum absolute atomic E-state index is 11.4. The summed E-state index contributed by atoms with van der Waals surface area (Å²) >= 11 is 1.55. The van der Waals surface area contributed by atoms with Crippen LogP contribution in [0.3, 0.4) is 0 Å². The molecule has 0 radical (unpaired) electrons. The Balaban J connectivity index is 1.76. The largest absolute Gasteiger partial charge is 0.494 e. The predicted octanol–water partition coefficient (Wildman–Crippen LogP) is 3.98. The first-order chi connectivity index (χ1) is 12.1. The zero-order valence-electron chi connectivity index (χ0n) is 14.0. The standard InChI is InChI=1S/C17H16N5O2S/c1-21-9-18-15-12(21)6-7-14-16(15)20-17(25-14)19-11-5-4-10(22(2)23)8-13(11)24-3/h4-9H,1-3H3,(H,19,20)/q+1. The van der Waals surface area contributed by atoms with Crippen molar-refractivity contribution in [2.75, 3.05) is 19.5 Å². The zero-order chi connectivity index (χ0) is 17.6. The molecule has 0 atom stereocenters. The van der Waals surface area contributed by atoms with Crippen LogP contribution < -0.4 is 10.1 Å². The second-order valence-electron chi connectivity index (χ2n) is 5.66. The summed E-state index contributed by atoms with van der Waals surface area (Å²) in [6.45, 7) is 0. The molecule has 0 aliphatic rings. The Labute approximate surface area is 147 Å². The van der Waals surface area contributed by atoms with Gasteiger partial charge in [0.05, 0.1) is 35.4 Å². The second kappa shape index (κ2) is 5.82. The monoisotopic (exact) mass is 354 g/mol. The minimum absolute atomic E-state index is 0.530. The first-order valence-electron chi connectivity index (χ1n) is 7.63. The van der Waals surface area contributed by atoms with Crippen LogP contribution in [-0.2, 0) is 7.05 Å². The van der Waals surface area contributed by atoms with Gasteiger partial charge < -0.3 is 14.6 Å². The Bertz CT molecular complexity index is 1120. The van der Waals surface area contributed by atoms with Crippen LogP contribution in [0.5, 0.6) is 5.75 Å². The number of nitroso groups, excluding NO2 is 1. The molecule has 0 bridgehead atoms. The number of ether oxygens (including phenoxy) is 1. The number of hydrogen-bond acceptors (Lipinski definition) is 6. The van der Waals surface area contributed by atoms with Gasteiger partial charge in [0.15, 0.2) is 12.2 Å². The van der Waals surface area contributed by atoms with Crippen LogP contribution in [0.25, 0.3) is 21.3 Å². The lowest BCUT2D eigenvalue weighted by molar-refractivity contribution is -0.428. The lowest BCUT2D eigenvalue weighted by atomic mass is 10.2. The van der Waals surface area contributed by atoms with Crippen molar-refractivity contribution in [3.63, 3.8) is 0 Å². The number of anilines is 2. The molecule has 2 aromatic carbocycles. The molecule has 2 aromatic heterocycles. The Morgan fingerprint density at radius 2 is 2.08 bits per heavy atom. The minimum atomic E-state index is 0.530. The molecule has 0 spiro atoms. The Morgan fingerprint density at radius 3 is 2.84 bits per heavy atom. The smallest absolute Gasteiger partial charge is 0.259 e. The van der Waals surface area contributed by atoms with Crippen LogP contribution >= 0.6 is 11.3 Å². The van der Waals surface area contributed by atoms with Crippen molar-refractivity contribution in [2.24, 2.45) is 7.05 Å². The molecule has 126 valence electrons. The van der Waals surface area contributed by atoms with Gasteiger partial charge in [-0.2, -0.15) is 0 Å². The maximum Gasteiger partial charge on any atom is 0.259 e. The fraction of sp³-hybridized carbons (Fsp3) is 0.176. The molecule has 8 heteroatoms. The van der Waals surface area contributed by atoms with Crippen LogP contribution in [0, 0.1) is 4.91 Å². The third kappa shape index (κ3) is 2.60. The molecule has 7 nitrogen and oxygen atoms in total. The molecule has 0 aliphatic carbocycles. The Kier molecular flexibility index (Phi) is 3.61. The number of thiazole rings is 1. The van der Waals surface area contributed by atoms with Gasteiger partial charge in [-0.15, -0.1) is 0 Å². The summed E-state index contributed by atoms with van der Waals surface area (Å²) in [7, 11) is 4.99. The number of nitrogens with one attached hydrogen (secondary N) is 1. The number of aromatic nitrogens is 3. The number of rotatable bonds is 4. The van der Waals surface area contributed by atoms with Gasteiger partial charge in [-0.3, -0.25) is 0 Å². The third-order valence-electron chi connectivity index (χ3n) is 4.04. The molecular formula is C17H16N5O2S+. The topological polar surface area (TPSA) is 72.1 Å². The van der Waals surface area contributed by atoms with Crippen LogP contribution in [0.4, 0.5) is 16.5 Å². The zero-order valence-corrected chi connectivity index (χ0v) is 14.8. The van der Waals surface area contributed by atoms with Crippen LogP contribution in [0.2, 0.25) is 0 Å². The Morgan fingerprint density at radius 1 is 1.24 bits per heavy atom. The molecule has 0 unspecified atom stereocenters. The molecule has 4 aromatic rings. The van der Waals surface area contributed by atoms with E-state index < -0.39 is 0 Å². The SMILES string of the molecule is COc1cc([N+](C)=O)ccc1Nc1nc2c(ccc3c2ncn3C)s1. The summed E-state index contributed by atoms with van der Waals surface area (Å²) in [5.41, 5.74) is 4.09. The van der Waals surface area contributed by atoms with Gasteiger partial charge in [0, 0.05) is 22.8 Å². The molecular weight excluding hydrogens is 338 g/mol. The highest BCUT2D eigenvalue weighted by atomic mass is 32.1. The number of hydrogen-bond donors (Lipinski definition) is 1. The van der Waals surface area contributed by atoms with E-state index in [0.29, 0.717) is 11.4 Å². The highest BCUT2D eigenvalue weighted by Crippen LogP contribution is 2.36. The van der Waals surface area contributed by atoms with Gasteiger partial charge in [0.1, 0.15) is 16.8 Å². The first kappa shape index (κ1) is 15.5. The van der Waals surface area contributed by atoms with Gasteiger partial charge in [-0.05, 0) is 18.2 Å². The van der Waals surface area contributed by atoms with Crippen LogP contribution in [0.15, 0.2) is 36.7 Å². The van der Waals surface area contributed by atoms with E-state index in [1.165, 1.54) is 7.05 Å². The molecule has 0 saturated heterocycles. The summed E-state index contributed by atoms with van der Waals surface area (Å²) in [4.78, 5) is 20.6. The summed E-state index contributed by atoms with van der Waals surface area (Å²) in [6, 6.07) is 9.34. The molecule has 2 heterocycles. The Hall–Kier alpha value is -3.00. The van der Waals surface area contributed by atoms with E-state index >= 15 is 0 Å². The van der Waals surface area contributed by atoms with Gasteiger partial charge in [0.25, 0.3) is 5.69 Å². The van der Waals surface area contributed by atoms with Crippen molar-refractivity contribution in [3.8, 4) is 5.75 Å². The van der Waals surface area contributed by atoms with Crippen molar-refractivity contribution in [1.82, 2.24) is 14.5 Å². The number of nitrogens with zero attached hydrogens (tertiary/aromatic N) is 4. The molecule has 0 amide bonds. The van der Waals surface area contributed by atoms with Crippen molar-refractivity contribution >= 4 is 49.1 Å². The molecule has 0 fully saturated rings. The van der Waals surface area contributed by atoms with E-state index in [4.69, 9.17) is 4.74 Å². The first-order valence-corrected chi connectivity index (χ1v) is 8.45. The fourth-order valence-electron chi connectivity index (χ4n) is 2.74. The van der Waals surface area contributed by atoms with Crippen molar-refractivity contribution in [3.05, 3.63) is 41.6 Å². The molecule has 1 N–H and O–H groups in total. The lowest BCUT2D eigenvalue weighted by Gasteiger charge is -2.08. The maximum atomic E-state index is 11.4. The summed E-state index contributed by atoms with van der Waals surface area (Å²) in [6.07, 6.45) is 1.79. The van der Waals surface area contributed by atoms with E-state index in [0.717, 1.165) is 36.8 Å². The lowest BCUT2D eigenvalue weighted by Crippen LogP contribution is -1.97. The average molecular weight is 354 g/mol. The third-order valence-corrected chi connectivity index (χ3v) is 4.98. The van der Waals surface area contributed by atoms with E-state index in [-0.39, 0.29) is 0 Å². The molecule has 0 saturated carbocycles. The van der Waals surface area contributed by atoms with E-state index in [1.54, 1.807) is 36.9 Å². The summed E-state index contributed by atoms with van der Waals surface area (Å²) in [5.74, 6) is 0.586. The van der Waals surface area contributed by atoms with Crippen LogP contribution in [0.1, 0.15) is 0 Å². The normalized spacial score (nSPS) is 11.2. The number of methoxy groups -OCH3 is 1. The molecule has 25 heavy (non-hydrogen) atoms. The van der Waals surface area contributed by atoms with E-state index in [2.05, 4.69) is 21.4 Å².